The lowest BCUT2D eigenvalue weighted by Gasteiger charge is -2.37. The molecule has 0 bridgehead atoms. The van der Waals surface area contributed by atoms with Crippen LogP contribution in [0.4, 0.5) is 19.0 Å². The van der Waals surface area contributed by atoms with Gasteiger partial charge in [0, 0.05) is 37.9 Å². The summed E-state index contributed by atoms with van der Waals surface area (Å²) in [5, 5.41) is 2.86. The number of piperazine rings is 1. The van der Waals surface area contributed by atoms with E-state index in [0.717, 1.165) is 17.8 Å². The number of hydrogen-bond acceptors (Lipinski definition) is 4. The molecule has 2 heterocycles. The van der Waals surface area contributed by atoms with Crippen LogP contribution in [-0.2, 0) is 11.0 Å². The number of carbonyl (C=O) groups is 2. The van der Waals surface area contributed by atoms with Crippen LogP contribution in [0.5, 0.6) is 0 Å². The molecule has 1 saturated heterocycles. The van der Waals surface area contributed by atoms with Crippen molar-refractivity contribution in [2.45, 2.75) is 33.0 Å². The Morgan fingerprint density at radius 2 is 1.75 bits per heavy atom. The number of nitrogens with one attached hydrogen (secondary N) is 1. The molecular weight excluding hydrogens is 421 g/mol. The predicted octanol–water partition coefficient (Wildman–Crippen LogP) is 3.51. The minimum atomic E-state index is -4.43. The minimum Gasteiger partial charge on any atom is -0.353 e. The Morgan fingerprint density at radius 3 is 2.28 bits per heavy atom. The third-order valence-corrected chi connectivity index (χ3v) is 5.49. The standard InChI is InChI=1S/C23H27F3N4O2/c1-15(2)20(28-21(31)17-6-4-5-16(3)13-17)22(32)30-11-9-29(10-12-30)19-8-7-18(14-27-19)23(24,25)26/h4-8,13-15,20H,9-12H2,1-3H3,(H,28,31)/t20-/m0/s1. The molecule has 0 unspecified atom stereocenters. The van der Waals surface area contributed by atoms with Gasteiger partial charge in [-0.25, -0.2) is 4.98 Å². The van der Waals surface area contributed by atoms with Crippen LogP contribution in [0.3, 0.4) is 0 Å². The monoisotopic (exact) mass is 448 g/mol. The molecule has 6 nitrogen and oxygen atoms in total. The first-order valence-electron chi connectivity index (χ1n) is 10.5. The first-order valence-corrected chi connectivity index (χ1v) is 10.5. The SMILES string of the molecule is Cc1cccc(C(=O)N[C@H](C(=O)N2CCN(c3ccc(C(F)(F)F)cn3)CC2)C(C)C)c1. The number of amides is 2. The second-order valence-electron chi connectivity index (χ2n) is 8.28. The van der Waals surface area contributed by atoms with Gasteiger partial charge in [0.2, 0.25) is 5.91 Å². The lowest BCUT2D eigenvalue weighted by atomic mass is 10.0. The van der Waals surface area contributed by atoms with Gasteiger partial charge in [-0.15, -0.1) is 0 Å². The molecule has 172 valence electrons. The van der Waals surface area contributed by atoms with E-state index in [1.54, 1.807) is 23.1 Å². The van der Waals surface area contributed by atoms with Gasteiger partial charge in [0.25, 0.3) is 5.91 Å². The zero-order valence-electron chi connectivity index (χ0n) is 18.3. The lowest BCUT2D eigenvalue weighted by molar-refractivity contribution is -0.138. The molecule has 0 spiro atoms. The van der Waals surface area contributed by atoms with Gasteiger partial charge in [0.1, 0.15) is 11.9 Å². The maximum absolute atomic E-state index is 13.1. The van der Waals surface area contributed by atoms with Gasteiger partial charge in [0.05, 0.1) is 5.56 Å². The summed E-state index contributed by atoms with van der Waals surface area (Å²) < 4.78 is 38.2. The van der Waals surface area contributed by atoms with E-state index in [4.69, 9.17) is 0 Å². The van der Waals surface area contributed by atoms with Crippen molar-refractivity contribution in [3.05, 3.63) is 59.3 Å². The van der Waals surface area contributed by atoms with Gasteiger partial charge in [-0.2, -0.15) is 13.2 Å². The van der Waals surface area contributed by atoms with Crippen LogP contribution < -0.4 is 10.2 Å². The van der Waals surface area contributed by atoms with Crippen molar-refractivity contribution < 1.29 is 22.8 Å². The summed E-state index contributed by atoms with van der Waals surface area (Å²) in [7, 11) is 0. The van der Waals surface area contributed by atoms with Crippen molar-refractivity contribution >= 4 is 17.6 Å². The van der Waals surface area contributed by atoms with Gasteiger partial charge >= 0.3 is 6.18 Å². The number of carbonyl (C=O) groups excluding carboxylic acids is 2. The van der Waals surface area contributed by atoms with Crippen LogP contribution in [0, 0.1) is 12.8 Å². The molecule has 3 rings (SSSR count). The van der Waals surface area contributed by atoms with Gasteiger partial charge in [0.15, 0.2) is 0 Å². The zero-order chi connectivity index (χ0) is 23.5. The van der Waals surface area contributed by atoms with Crippen molar-refractivity contribution in [3.8, 4) is 0 Å². The van der Waals surface area contributed by atoms with Crippen LogP contribution in [0.1, 0.15) is 35.3 Å². The van der Waals surface area contributed by atoms with Crippen LogP contribution in [0.2, 0.25) is 0 Å². The summed E-state index contributed by atoms with van der Waals surface area (Å²) in [4.78, 5) is 33.2. The lowest BCUT2D eigenvalue weighted by Crippen LogP contribution is -2.56. The molecule has 9 heteroatoms. The molecule has 1 N–H and O–H groups in total. The van der Waals surface area contributed by atoms with E-state index in [-0.39, 0.29) is 17.7 Å². The van der Waals surface area contributed by atoms with Gasteiger partial charge in [-0.1, -0.05) is 31.5 Å². The molecule has 2 aromatic rings. The Labute approximate surface area is 185 Å². The fourth-order valence-electron chi connectivity index (χ4n) is 3.62. The van der Waals surface area contributed by atoms with Gasteiger partial charge in [-0.05, 0) is 37.1 Å². The summed E-state index contributed by atoms with van der Waals surface area (Å²) in [6.45, 7) is 7.33. The molecule has 1 fully saturated rings. The second kappa shape index (κ2) is 9.58. The van der Waals surface area contributed by atoms with Gasteiger partial charge < -0.3 is 15.1 Å². The number of aromatic nitrogens is 1. The fraction of sp³-hybridized carbons (Fsp3) is 0.435. The highest BCUT2D eigenvalue weighted by Crippen LogP contribution is 2.29. The maximum atomic E-state index is 13.1. The highest BCUT2D eigenvalue weighted by atomic mass is 19.4. The normalized spacial score (nSPS) is 15.6. The summed E-state index contributed by atoms with van der Waals surface area (Å²) in [5.41, 5.74) is 0.666. The van der Waals surface area contributed by atoms with E-state index < -0.39 is 17.8 Å². The second-order valence-corrected chi connectivity index (χ2v) is 8.28. The third-order valence-electron chi connectivity index (χ3n) is 5.49. The Hall–Kier alpha value is -3.10. The van der Waals surface area contributed by atoms with E-state index in [1.807, 2.05) is 31.7 Å². The number of hydrogen-bond donors (Lipinski definition) is 1. The van der Waals surface area contributed by atoms with Crippen molar-refractivity contribution in [2.75, 3.05) is 31.1 Å². The van der Waals surface area contributed by atoms with Crippen LogP contribution >= 0.6 is 0 Å². The minimum absolute atomic E-state index is 0.106. The number of aryl methyl sites for hydroxylation is 1. The topological polar surface area (TPSA) is 65.5 Å². The zero-order valence-corrected chi connectivity index (χ0v) is 18.3. The molecular formula is C23H27F3N4O2. The molecule has 32 heavy (non-hydrogen) atoms. The molecule has 1 atom stereocenters. The van der Waals surface area contributed by atoms with Crippen molar-refractivity contribution in [1.82, 2.24) is 15.2 Å². The number of benzene rings is 1. The van der Waals surface area contributed by atoms with Crippen LogP contribution in [0.25, 0.3) is 0 Å². The molecule has 0 saturated carbocycles. The maximum Gasteiger partial charge on any atom is 0.417 e. The molecule has 1 aromatic carbocycles. The van der Waals surface area contributed by atoms with E-state index in [1.165, 1.54) is 6.07 Å². The number of nitrogens with zero attached hydrogens (tertiary/aromatic N) is 3. The van der Waals surface area contributed by atoms with Crippen molar-refractivity contribution in [3.63, 3.8) is 0 Å². The number of halogens is 3. The predicted molar refractivity (Wildman–Crippen MR) is 115 cm³/mol. The highest BCUT2D eigenvalue weighted by molar-refractivity contribution is 5.97. The molecule has 0 aliphatic carbocycles. The Bertz CT molecular complexity index is 952. The third kappa shape index (κ3) is 5.57. The fourth-order valence-corrected chi connectivity index (χ4v) is 3.62. The number of pyridine rings is 1. The Morgan fingerprint density at radius 1 is 1.06 bits per heavy atom. The summed E-state index contributed by atoms with van der Waals surface area (Å²) in [6.07, 6.45) is -3.60. The highest BCUT2D eigenvalue weighted by Gasteiger charge is 2.33. The first kappa shape index (κ1) is 23.6. The largest absolute Gasteiger partial charge is 0.417 e. The van der Waals surface area contributed by atoms with E-state index in [0.29, 0.717) is 37.6 Å². The average molecular weight is 448 g/mol. The average Bonchev–Trinajstić information content (AvgIpc) is 2.76. The smallest absolute Gasteiger partial charge is 0.353 e. The van der Waals surface area contributed by atoms with Crippen molar-refractivity contribution in [1.29, 1.82) is 0 Å². The molecule has 0 radical (unpaired) electrons. The first-order chi connectivity index (χ1) is 15.1. The van der Waals surface area contributed by atoms with E-state index in [9.17, 15) is 22.8 Å². The number of rotatable bonds is 5. The molecule has 1 aromatic heterocycles. The Balaban J connectivity index is 1.61. The van der Waals surface area contributed by atoms with E-state index >= 15 is 0 Å². The Kier molecular flexibility index (Phi) is 7.06. The number of alkyl halides is 3. The molecule has 1 aliphatic heterocycles. The quantitative estimate of drug-likeness (QED) is 0.760. The summed E-state index contributed by atoms with van der Waals surface area (Å²) >= 11 is 0. The van der Waals surface area contributed by atoms with Crippen LogP contribution in [-0.4, -0.2) is 53.9 Å². The molecule has 2 amide bonds. The summed E-state index contributed by atoms with van der Waals surface area (Å²) in [6, 6.07) is 8.86. The van der Waals surface area contributed by atoms with E-state index in [2.05, 4.69) is 10.3 Å². The number of anilines is 1. The summed E-state index contributed by atoms with van der Waals surface area (Å²) in [5.74, 6) is -0.126. The van der Waals surface area contributed by atoms with Gasteiger partial charge in [-0.3, -0.25) is 9.59 Å². The van der Waals surface area contributed by atoms with Crippen molar-refractivity contribution in [2.24, 2.45) is 5.92 Å². The van der Waals surface area contributed by atoms with Crippen LogP contribution in [0.15, 0.2) is 42.6 Å². The molecule has 1 aliphatic rings.